The van der Waals surface area contributed by atoms with Crippen LogP contribution in [-0.2, 0) is 19.6 Å². The highest BCUT2D eigenvalue weighted by Crippen LogP contribution is 2.27. The second-order valence-corrected chi connectivity index (χ2v) is 7.08. The van der Waals surface area contributed by atoms with E-state index in [9.17, 15) is 13.2 Å². The summed E-state index contributed by atoms with van der Waals surface area (Å²) in [5, 5.41) is 0. The lowest BCUT2D eigenvalue weighted by molar-refractivity contribution is -0.125. The Balaban J connectivity index is 1.82. The molecule has 0 atom stereocenters. The standard InChI is InChI=1S/C17H18N2O5S/c1-23-16-5-3-2-4-15(16)18-25(21,22)14-8-6-13(7-9-14)19-10-11-24-12-17(19)20/h2-9,18H,10-12H2,1H3. The van der Waals surface area contributed by atoms with Gasteiger partial charge in [0.1, 0.15) is 12.4 Å². The number of hydrogen-bond acceptors (Lipinski definition) is 5. The zero-order valence-corrected chi connectivity index (χ0v) is 14.5. The number of amides is 1. The van der Waals surface area contributed by atoms with Crippen LogP contribution in [0.2, 0.25) is 0 Å². The molecule has 0 aliphatic carbocycles. The molecular weight excluding hydrogens is 344 g/mol. The van der Waals surface area contributed by atoms with E-state index < -0.39 is 10.0 Å². The predicted octanol–water partition coefficient (Wildman–Crippen LogP) is 1.86. The first kappa shape index (κ1) is 17.2. The number of nitrogens with one attached hydrogen (secondary N) is 1. The molecule has 25 heavy (non-hydrogen) atoms. The minimum absolute atomic E-state index is 0.0371. The lowest BCUT2D eigenvalue weighted by Gasteiger charge is -2.26. The van der Waals surface area contributed by atoms with Crippen LogP contribution in [0.1, 0.15) is 0 Å². The maximum Gasteiger partial charge on any atom is 0.262 e. The van der Waals surface area contributed by atoms with E-state index in [0.717, 1.165) is 0 Å². The molecule has 132 valence electrons. The molecule has 0 radical (unpaired) electrons. The quantitative estimate of drug-likeness (QED) is 0.878. The maximum absolute atomic E-state index is 12.6. The van der Waals surface area contributed by atoms with Crippen LogP contribution in [0.15, 0.2) is 53.4 Å². The molecule has 1 aliphatic rings. The second kappa shape index (κ2) is 7.12. The molecular formula is C17H18N2O5S. The van der Waals surface area contributed by atoms with Crippen molar-refractivity contribution in [3.8, 4) is 5.75 Å². The average Bonchev–Trinajstić information content (AvgIpc) is 2.62. The van der Waals surface area contributed by atoms with Crippen LogP contribution in [0.25, 0.3) is 0 Å². The molecule has 1 heterocycles. The van der Waals surface area contributed by atoms with Crippen LogP contribution >= 0.6 is 0 Å². The number of carbonyl (C=O) groups excluding carboxylic acids is 1. The molecule has 1 amide bonds. The van der Waals surface area contributed by atoms with Crippen molar-refractivity contribution in [3.63, 3.8) is 0 Å². The monoisotopic (exact) mass is 362 g/mol. The highest BCUT2D eigenvalue weighted by Gasteiger charge is 2.21. The minimum Gasteiger partial charge on any atom is -0.495 e. The summed E-state index contributed by atoms with van der Waals surface area (Å²) in [7, 11) is -2.29. The first-order valence-corrected chi connectivity index (χ1v) is 9.13. The normalized spacial score (nSPS) is 15.1. The van der Waals surface area contributed by atoms with Gasteiger partial charge in [0.15, 0.2) is 0 Å². The summed E-state index contributed by atoms with van der Waals surface area (Å²) in [6.45, 7) is 0.945. The van der Waals surface area contributed by atoms with Gasteiger partial charge >= 0.3 is 0 Å². The van der Waals surface area contributed by atoms with Crippen LogP contribution in [0.3, 0.4) is 0 Å². The molecule has 0 saturated carbocycles. The van der Waals surface area contributed by atoms with Crippen LogP contribution in [0.5, 0.6) is 5.75 Å². The Labute approximate surface area is 146 Å². The van der Waals surface area contributed by atoms with Crippen LogP contribution in [0, 0.1) is 0 Å². The van der Waals surface area contributed by atoms with Gasteiger partial charge in [-0.3, -0.25) is 9.52 Å². The molecule has 7 nitrogen and oxygen atoms in total. The van der Waals surface area contributed by atoms with Crippen LogP contribution in [-0.4, -0.2) is 41.2 Å². The van der Waals surface area contributed by atoms with Crippen molar-refractivity contribution in [1.82, 2.24) is 0 Å². The Morgan fingerprint density at radius 2 is 1.84 bits per heavy atom. The number of anilines is 2. The van der Waals surface area contributed by atoms with Crippen molar-refractivity contribution >= 4 is 27.3 Å². The first-order valence-electron chi connectivity index (χ1n) is 7.65. The summed E-state index contributed by atoms with van der Waals surface area (Å²) in [5.74, 6) is 0.288. The molecule has 1 saturated heterocycles. The minimum atomic E-state index is -3.77. The van der Waals surface area contributed by atoms with Gasteiger partial charge in [-0.05, 0) is 36.4 Å². The number of methoxy groups -OCH3 is 1. The Morgan fingerprint density at radius 1 is 1.12 bits per heavy atom. The largest absolute Gasteiger partial charge is 0.495 e. The number of hydrogen-bond donors (Lipinski definition) is 1. The average molecular weight is 362 g/mol. The molecule has 1 aliphatic heterocycles. The van der Waals surface area contributed by atoms with E-state index in [0.29, 0.717) is 30.3 Å². The number of para-hydroxylation sites is 2. The highest BCUT2D eigenvalue weighted by atomic mass is 32.2. The molecule has 2 aromatic rings. The van der Waals surface area contributed by atoms with Gasteiger partial charge in [-0.15, -0.1) is 0 Å². The Kier molecular flexibility index (Phi) is 4.91. The highest BCUT2D eigenvalue weighted by molar-refractivity contribution is 7.92. The van der Waals surface area contributed by atoms with Gasteiger partial charge in [-0.1, -0.05) is 12.1 Å². The summed E-state index contributed by atoms with van der Waals surface area (Å²) < 4.78 is 37.9. The topological polar surface area (TPSA) is 84.9 Å². The van der Waals surface area contributed by atoms with Crippen molar-refractivity contribution in [2.75, 3.05) is 36.5 Å². The first-order chi connectivity index (χ1) is 12.0. The zero-order chi connectivity index (χ0) is 17.9. The van der Waals surface area contributed by atoms with E-state index in [-0.39, 0.29) is 17.4 Å². The predicted molar refractivity (Wildman–Crippen MR) is 93.4 cm³/mol. The number of morpholine rings is 1. The van der Waals surface area contributed by atoms with E-state index >= 15 is 0 Å². The number of nitrogens with zero attached hydrogens (tertiary/aromatic N) is 1. The van der Waals surface area contributed by atoms with Crippen molar-refractivity contribution in [2.24, 2.45) is 0 Å². The molecule has 3 rings (SSSR count). The van der Waals surface area contributed by atoms with E-state index in [1.54, 1.807) is 41.3 Å². The molecule has 0 aromatic heterocycles. The molecule has 2 aromatic carbocycles. The van der Waals surface area contributed by atoms with Gasteiger partial charge in [-0.2, -0.15) is 0 Å². The lowest BCUT2D eigenvalue weighted by Crippen LogP contribution is -2.41. The fraction of sp³-hybridized carbons (Fsp3) is 0.235. The van der Waals surface area contributed by atoms with Crippen molar-refractivity contribution < 1.29 is 22.7 Å². The lowest BCUT2D eigenvalue weighted by atomic mass is 10.2. The number of carbonyl (C=O) groups is 1. The van der Waals surface area contributed by atoms with Gasteiger partial charge < -0.3 is 14.4 Å². The third-order valence-corrected chi connectivity index (χ3v) is 5.18. The van der Waals surface area contributed by atoms with Gasteiger partial charge in [0.2, 0.25) is 0 Å². The van der Waals surface area contributed by atoms with Gasteiger partial charge in [0.25, 0.3) is 15.9 Å². The number of sulfonamides is 1. The maximum atomic E-state index is 12.6. The fourth-order valence-electron chi connectivity index (χ4n) is 2.53. The third-order valence-electron chi connectivity index (χ3n) is 3.80. The summed E-state index contributed by atoms with van der Waals surface area (Å²) >= 11 is 0. The molecule has 1 N–H and O–H groups in total. The zero-order valence-electron chi connectivity index (χ0n) is 13.6. The van der Waals surface area contributed by atoms with E-state index in [2.05, 4.69) is 4.72 Å². The SMILES string of the molecule is COc1ccccc1NS(=O)(=O)c1ccc(N2CCOCC2=O)cc1. The number of benzene rings is 2. The number of ether oxygens (including phenoxy) is 2. The van der Waals surface area contributed by atoms with E-state index in [1.807, 2.05) is 0 Å². The smallest absolute Gasteiger partial charge is 0.262 e. The number of rotatable bonds is 5. The van der Waals surface area contributed by atoms with E-state index in [4.69, 9.17) is 9.47 Å². The van der Waals surface area contributed by atoms with E-state index in [1.165, 1.54) is 19.2 Å². The third kappa shape index (κ3) is 3.75. The summed E-state index contributed by atoms with van der Waals surface area (Å²) in [6.07, 6.45) is 0. The molecule has 0 bridgehead atoms. The van der Waals surface area contributed by atoms with Crippen molar-refractivity contribution in [1.29, 1.82) is 0 Å². The Bertz CT molecular complexity index is 865. The van der Waals surface area contributed by atoms with Crippen LogP contribution in [0.4, 0.5) is 11.4 Å². The molecule has 8 heteroatoms. The van der Waals surface area contributed by atoms with Crippen LogP contribution < -0.4 is 14.4 Å². The van der Waals surface area contributed by atoms with Crippen molar-refractivity contribution in [3.05, 3.63) is 48.5 Å². The second-order valence-electron chi connectivity index (χ2n) is 5.40. The Morgan fingerprint density at radius 3 is 2.52 bits per heavy atom. The fourth-order valence-corrected chi connectivity index (χ4v) is 3.60. The Hall–Kier alpha value is -2.58. The molecule has 1 fully saturated rings. The van der Waals surface area contributed by atoms with Crippen molar-refractivity contribution in [2.45, 2.75) is 4.90 Å². The summed E-state index contributed by atoms with van der Waals surface area (Å²) in [5.41, 5.74) is 1.00. The molecule has 0 spiro atoms. The van der Waals surface area contributed by atoms with Gasteiger partial charge in [0, 0.05) is 12.2 Å². The van der Waals surface area contributed by atoms with Gasteiger partial charge in [-0.25, -0.2) is 8.42 Å². The molecule has 0 unspecified atom stereocenters. The van der Waals surface area contributed by atoms with Gasteiger partial charge in [0.05, 0.1) is 24.3 Å². The summed E-state index contributed by atoms with van der Waals surface area (Å²) in [6, 6.07) is 12.9. The summed E-state index contributed by atoms with van der Waals surface area (Å²) in [4.78, 5) is 13.5.